The maximum atomic E-state index is 3.39. The molecule has 8 rings (SSSR count). The molecule has 44 heavy (non-hydrogen) atoms. The molecule has 0 aromatic heterocycles. The summed E-state index contributed by atoms with van der Waals surface area (Å²) in [5.74, 6) is 0. The van der Waals surface area contributed by atoms with Gasteiger partial charge in [-0.15, -0.1) is 69.1 Å². The zero-order valence-corrected chi connectivity index (χ0v) is 29.9. The van der Waals surface area contributed by atoms with Gasteiger partial charge in [0.25, 0.3) is 0 Å². The van der Waals surface area contributed by atoms with Gasteiger partial charge in [0.1, 0.15) is 0 Å². The molecule has 0 saturated carbocycles. The molecule has 0 heterocycles. The van der Waals surface area contributed by atoms with E-state index in [0.29, 0.717) is 0 Å². The van der Waals surface area contributed by atoms with Crippen molar-refractivity contribution in [2.45, 2.75) is 13.8 Å². The predicted octanol–water partition coefficient (Wildman–Crippen LogP) is 5.35. The Bertz CT molecular complexity index is 2000. The van der Waals surface area contributed by atoms with Crippen LogP contribution in [0.25, 0.3) is 65.3 Å². The van der Waals surface area contributed by atoms with E-state index in [2.05, 4.69) is 164 Å². The minimum atomic E-state index is 0. The first kappa shape index (κ1) is 33.3. The Morgan fingerprint density at radius 3 is 1.14 bits per heavy atom. The van der Waals surface area contributed by atoms with Crippen LogP contribution in [-0.2, 0) is 23.9 Å². The second kappa shape index (κ2) is 14.9. The van der Waals surface area contributed by atoms with E-state index >= 15 is 0 Å². The minimum absolute atomic E-state index is 0. The Morgan fingerprint density at radius 2 is 0.727 bits per heavy atom. The van der Waals surface area contributed by atoms with E-state index in [1.54, 1.807) is 0 Å². The normalized spacial score (nSPS) is 10.4. The van der Waals surface area contributed by atoms with Crippen molar-refractivity contribution >= 4 is 47.4 Å². The molecule has 0 aliphatic carbocycles. The fourth-order valence-electron chi connectivity index (χ4n) is 6.16. The summed E-state index contributed by atoms with van der Waals surface area (Å²) in [6.07, 6.45) is 0. The molecular formula is C41H32Cl2Hf-2. The Labute approximate surface area is 287 Å². The molecule has 0 atom stereocenters. The maximum absolute atomic E-state index is 3.39. The van der Waals surface area contributed by atoms with E-state index in [-0.39, 0.29) is 24.8 Å². The topological polar surface area (TPSA) is 0 Å². The van der Waals surface area contributed by atoms with Crippen LogP contribution in [0.3, 0.4) is 0 Å². The first-order valence-corrected chi connectivity index (χ1v) is 16.8. The van der Waals surface area contributed by atoms with Gasteiger partial charge in [0.2, 0.25) is 0 Å². The van der Waals surface area contributed by atoms with Crippen molar-refractivity contribution in [3.05, 3.63) is 157 Å². The largest absolute Gasteiger partial charge is 1.00 e. The number of fused-ring (bicyclic) bond motifs is 4. The van der Waals surface area contributed by atoms with Crippen LogP contribution >= 0.6 is 0 Å². The SMILES string of the molecule is Cc1cc2c(-c3cccc4ccccc34)cccc2[cH-]1.Cc1cc2c(-c3cccc4ccccc34)cccc2[cH-]1.[CH2]=[Hf+2].[Cl-].[Cl-]. The second-order valence-corrected chi connectivity index (χ2v) is 10.7. The van der Waals surface area contributed by atoms with Crippen LogP contribution in [0.4, 0.5) is 0 Å². The summed E-state index contributed by atoms with van der Waals surface area (Å²) in [6.45, 7) is 4.32. The number of rotatable bonds is 2. The summed E-state index contributed by atoms with van der Waals surface area (Å²) in [5.41, 5.74) is 7.94. The second-order valence-electron chi connectivity index (χ2n) is 10.7. The molecule has 0 unspecified atom stereocenters. The summed E-state index contributed by atoms with van der Waals surface area (Å²) in [4.78, 5) is 0. The molecule has 0 fully saturated rings. The molecule has 8 aromatic carbocycles. The van der Waals surface area contributed by atoms with Crippen LogP contribution < -0.4 is 24.8 Å². The third kappa shape index (κ3) is 6.57. The average molecular weight is 774 g/mol. The first-order valence-electron chi connectivity index (χ1n) is 14.3. The van der Waals surface area contributed by atoms with E-state index in [1.807, 2.05) is 0 Å². The van der Waals surface area contributed by atoms with Gasteiger partial charge in [0, 0.05) is 0 Å². The number of hydrogen-bond donors (Lipinski definition) is 0. The number of aryl methyl sites for hydroxylation is 2. The van der Waals surface area contributed by atoms with Crippen molar-refractivity contribution in [2.75, 3.05) is 0 Å². The molecule has 0 spiro atoms. The summed E-state index contributed by atoms with van der Waals surface area (Å²) >= 11 is 1.06. The van der Waals surface area contributed by atoms with Gasteiger partial charge in [-0.3, -0.25) is 0 Å². The van der Waals surface area contributed by atoms with Crippen LogP contribution in [0.15, 0.2) is 146 Å². The molecule has 0 aliphatic rings. The molecule has 8 aromatic rings. The van der Waals surface area contributed by atoms with Gasteiger partial charge < -0.3 is 24.8 Å². The quantitative estimate of drug-likeness (QED) is 0.165. The average Bonchev–Trinajstić information content (AvgIpc) is 3.62. The van der Waals surface area contributed by atoms with Gasteiger partial charge in [-0.2, -0.15) is 12.1 Å². The summed E-state index contributed by atoms with van der Waals surface area (Å²) < 4.78 is 3.39. The Kier molecular flexibility index (Phi) is 11.3. The minimum Gasteiger partial charge on any atom is -1.00 e. The standard InChI is InChI=1S/2C20H15.CH2.2ClH.Hf/c2*1-14-12-16-8-5-11-19(20(16)13-14)18-10-4-7-15-6-2-3-9-17(15)18;;;;/h2*2-13H,1H3;1H2;2*1H;/q2*-1;;;;+2/p-2. The number of halogens is 2. The van der Waals surface area contributed by atoms with Crippen molar-refractivity contribution in [1.29, 1.82) is 0 Å². The summed E-state index contributed by atoms with van der Waals surface area (Å²) in [7, 11) is 0. The smallest absolute Gasteiger partial charge is 1.00 e. The van der Waals surface area contributed by atoms with Crippen LogP contribution in [0.2, 0.25) is 0 Å². The van der Waals surface area contributed by atoms with Crippen molar-refractivity contribution < 1.29 is 48.7 Å². The van der Waals surface area contributed by atoms with Crippen LogP contribution in [0, 0.1) is 13.8 Å². The Hall–Kier alpha value is -3.62. The summed E-state index contributed by atoms with van der Waals surface area (Å²) in [5, 5.41) is 10.6. The van der Waals surface area contributed by atoms with Gasteiger partial charge in [0.05, 0.1) is 0 Å². The monoisotopic (exact) mass is 774 g/mol. The molecule has 0 radical (unpaired) electrons. The fraction of sp³-hybridized carbons (Fsp3) is 0.0488. The van der Waals surface area contributed by atoms with E-state index in [1.165, 1.54) is 76.5 Å². The molecule has 0 saturated heterocycles. The van der Waals surface area contributed by atoms with E-state index in [4.69, 9.17) is 0 Å². The third-order valence-electron chi connectivity index (χ3n) is 7.95. The third-order valence-corrected chi connectivity index (χ3v) is 7.95. The molecule has 0 aliphatic heterocycles. The van der Waals surface area contributed by atoms with E-state index in [9.17, 15) is 0 Å². The van der Waals surface area contributed by atoms with Crippen LogP contribution in [0.5, 0.6) is 0 Å². The van der Waals surface area contributed by atoms with Gasteiger partial charge in [-0.05, 0) is 32.7 Å². The van der Waals surface area contributed by atoms with E-state index in [0.717, 1.165) is 23.9 Å². The number of hydrogen-bond acceptors (Lipinski definition) is 0. The molecule has 3 heteroatoms. The molecule has 0 N–H and O–H groups in total. The van der Waals surface area contributed by atoms with Gasteiger partial charge in [0.15, 0.2) is 0 Å². The zero-order valence-electron chi connectivity index (χ0n) is 24.8. The predicted molar refractivity (Wildman–Crippen MR) is 182 cm³/mol. The van der Waals surface area contributed by atoms with E-state index < -0.39 is 0 Å². The fourth-order valence-corrected chi connectivity index (χ4v) is 6.16. The molecule has 0 nitrogen and oxygen atoms in total. The maximum Gasteiger partial charge on any atom is -1.00 e. The van der Waals surface area contributed by atoms with Crippen molar-refractivity contribution in [3.63, 3.8) is 0 Å². The number of benzene rings is 6. The van der Waals surface area contributed by atoms with Crippen molar-refractivity contribution in [1.82, 2.24) is 0 Å². The van der Waals surface area contributed by atoms with Gasteiger partial charge >= 0.3 is 28.2 Å². The Morgan fingerprint density at radius 1 is 0.409 bits per heavy atom. The molecule has 0 amide bonds. The Balaban J connectivity index is 0.000000182. The van der Waals surface area contributed by atoms with Crippen LogP contribution in [-0.4, -0.2) is 4.26 Å². The first-order chi connectivity index (χ1) is 20.7. The molecular weight excluding hydrogens is 742 g/mol. The molecule has 216 valence electrons. The van der Waals surface area contributed by atoms with Crippen molar-refractivity contribution in [2.24, 2.45) is 0 Å². The van der Waals surface area contributed by atoms with Crippen molar-refractivity contribution in [3.8, 4) is 22.3 Å². The van der Waals surface area contributed by atoms with Gasteiger partial charge in [-0.25, -0.2) is 0 Å². The molecule has 0 bridgehead atoms. The van der Waals surface area contributed by atoms with Gasteiger partial charge in [-0.1, -0.05) is 122 Å². The zero-order chi connectivity index (χ0) is 29.1. The summed E-state index contributed by atoms with van der Waals surface area (Å²) in [6, 6.07) is 52.5. The van der Waals surface area contributed by atoms with Crippen LogP contribution in [0.1, 0.15) is 11.1 Å².